The summed E-state index contributed by atoms with van der Waals surface area (Å²) in [4.78, 5) is 10.8. The summed E-state index contributed by atoms with van der Waals surface area (Å²) in [6.07, 6.45) is 10.1. The summed E-state index contributed by atoms with van der Waals surface area (Å²) < 4.78 is 0. The lowest BCUT2D eigenvalue weighted by molar-refractivity contribution is -0.131. The molecular weight excluding hydrogens is 288 g/mol. The van der Waals surface area contributed by atoms with Gasteiger partial charge in [0.2, 0.25) is 0 Å². The first-order chi connectivity index (χ1) is 10.7. The fraction of sp³-hybridized carbons (Fsp3) is 0.750. The van der Waals surface area contributed by atoms with Crippen molar-refractivity contribution in [2.75, 3.05) is 6.61 Å². The van der Waals surface area contributed by atoms with E-state index in [0.29, 0.717) is 17.3 Å². The number of hydrogen-bond donors (Lipinski definition) is 2. The number of carboxylic acid groups (broad SMARTS) is 1. The molecule has 0 spiro atoms. The highest BCUT2D eigenvalue weighted by Crippen LogP contribution is 2.60. The van der Waals surface area contributed by atoms with Crippen molar-refractivity contribution in [1.29, 1.82) is 0 Å². The molecule has 3 atom stereocenters. The van der Waals surface area contributed by atoms with Gasteiger partial charge < -0.3 is 10.2 Å². The van der Waals surface area contributed by atoms with Gasteiger partial charge in [-0.1, -0.05) is 38.8 Å². The Bertz CT molecular complexity index is 515. The van der Waals surface area contributed by atoms with Crippen LogP contribution in [0.2, 0.25) is 0 Å². The molecule has 3 heteroatoms. The van der Waals surface area contributed by atoms with E-state index < -0.39 is 5.97 Å². The van der Waals surface area contributed by atoms with Crippen LogP contribution < -0.4 is 0 Å². The number of aliphatic carboxylic acids is 1. The normalized spacial score (nSPS) is 33.8. The van der Waals surface area contributed by atoms with Crippen molar-refractivity contribution in [2.45, 2.75) is 66.2 Å². The molecule has 3 nitrogen and oxygen atoms in total. The maximum absolute atomic E-state index is 10.8. The van der Waals surface area contributed by atoms with Crippen LogP contribution in [-0.2, 0) is 4.79 Å². The van der Waals surface area contributed by atoms with Crippen LogP contribution in [0.4, 0.5) is 0 Å². The van der Waals surface area contributed by atoms with Gasteiger partial charge in [-0.2, -0.15) is 0 Å². The summed E-state index contributed by atoms with van der Waals surface area (Å²) in [5.74, 6) is 0.141. The third-order valence-corrected chi connectivity index (χ3v) is 6.52. The highest BCUT2D eigenvalue weighted by atomic mass is 16.4. The minimum Gasteiger partial charge on any atom is -0.478 e. The Morgan fingerprint density at radius 2 is 2.04 bits per heavy atom. The second kappa shape index (κ2) is 6.80. The number of rotatable bonds is 5. The molecule has 1 fully saturated rings. The topological polar surface area (TPSA) is 57.5 Å². The van der Waals surface area contributed by atoms with Crippen molar-refractivity contribution in [3.05, 3.63) is 23.3 Å². The molecule has 2 aliphatic carbocycles. The Labute approximate surface area is 140 Å². The van der Waals surface area contributed by atoms with Crippen molar-refractivity contribution in [2.24, 2.45) is 22.7 Å². The van der Waals surface area contributed by atoms with Gasteiger partial charge in [0.05, 0.1) is 6.61 Å². The van der Waals surface area contributed by atoms with Gasteiger partial charge in [-0.05, 0) is 67.3 Å². The minimum absolute atomic E-state index is 0.134. The van der Waals surface area contributed by atoms with E-state index in [1.54, 1.807) is 0 Å². The van der Waals surface area contributed by atoms with Gasteiger partial charge in [0.15, 0.2) is 0 Å². The molecule has 0 aromatic rings. The van der Waals surface area contributed by atoms with Crippen molar-refractivity contribution in [1.82, 2.24) is 0 Å². The van der Waals surface area contributed by atoms with Crippen LogP contribution in [0.15, 0.2) is 23.3 Å². The number of allylic oxidation sites excluding steroid dienone is 2. The molecule has 0 heterocycles. The number of carboxylic acids is 1. The summed E-state index contributed by atoms with van der Waals surface area (Å²) in [5, 5.41) is 18.7. The number of carbonyl (C=O) groups is 1. The molecule has 2 rings (SSSR count). The van der Waals surface area contributed by atoms with Crippen molar-refractivity contribution >= 4 is 5.97 Å². The predicted molar refractivity (Wildman–Crippen MR) is 93.1 cm³/mol. The van der Waals surface area contributed by atoms with E-state index in [-0.39, 0.29) is 12.0 Å². The average molecular weight is 320 g/mol. The second-order valence-electron chi connectivity index (χ2n) is 8.49. The Hall–Kier alpha value is -1.09. The van der Waals surface area contributed by atoms with E-state index >= 15 is 0 Å². The van der Waals surface area contributed by atoms with Crippen LogP contribution in [0.3, 0.4) is 0 Å². The smallest absolute Gasteiger partial charge is 0.328 e. The quantitative estimate of drug-likeness (QED) is 0.576. The molecule has 0 aromatic heterocycles. The van der Waals surface area contributed by atoms with Crippen LogP contribution >= 0.6 is 0 Å². The van der Waals surface area contributed by atoms with Gasteiger partial charge >= 0.3 is 5.97 Å². The molecule has 0 amide bonds. The fourth-order valence-corrected chi connectivity index (χ4v) is 5.35. The zero-order chi connectivity index (χ0) is 17.3. The van der Waals surface area contributed by atoms with Gasteiger partial charge in [0, 0.05) is 6.08 Å². The lowest BCUT2D eigenvalue weighted by atomic mass is 9.48. The first kappa shape index (κ1) is 18.3. The van der Waals surface area contributed by atoms with Crippen LogP contribution in [0.25, 0.3) is 0 Å². The third kappa shape index (κ3) is 3.71. The van der Waals surface area contributed by atoms with Gasteiger partial charge in [-0.15, -0.1) is 0 Å². The summed E-state index contributed by atoms with van der Waals surface area (Å²) >= 11 is 0. The van der Waals surface area contributed by atoms with Crippen molar-refractivity contribution in [3.8, 4) is 0 Å². The Morgan fingerprint density at radius 3 is 2.65 bits per heavy atom. The summed E-state index contributed by atoms with van der Waals surface area (Å²) in [7, 11) is 0. The van der Waals surface area contributed by atoms with Gasteiger partial charge in [-0.3, -0.25) is 0 Å². The Kier molecular flexibility index (Phi) is 5.40. The molecule has 0 saturated heterocycles. The maximum atomic E-state index is 10.8. The first-order valence-electron chi connectivity index (χ1n) is 8.90. The largest absolute Gasteiger partial charge is 0.478 e. The fourth-order valence-electron chi connectivity index (χ4n) is 5.35. The third-order valence-electron chi connectivity index (χ3n) is 6.52. The monoisotopic (exact) mass is 320 g/mol. The number of aliphatic hydroxyl groups is 1. The standard InChI is InChI=1S/C20H32O3/c1-14(12-18(22)23)6-8-16-15(13-21)7-9-17-19(2,3)10-5-11-20(16,17)4/h7,12,16-17,21H,5-6,8-11,13H2,1-4H3,(H,22,23)/t16-,17-,20+/m0/s1. The van der Waals surface area contributed by atoms with Crippen LogP contribution in [0.1, 0.15) is 66.2 Å². The average Bonchev–Trinajstić information content (AvgIpc) is 2.43. The molecule has 0 aliphatic heterocycles. The lowest BCUT2D eigenvalue weighted by Gasteiger charge is -2.57. The lowest BCUT2D eigenvalue weighted by Crippen LogP contribution is -2.49. The molecule has 1 saturated carbocycles. The molecule has 130 valence electrons. The Morgan fingerprint density at radius 1 is 1.35 bits per heavy atom. The van der Waals surface area contributed by atoms with E-state index in [1.165, 1.54) is 30.9 Å². The van der Waals surface area contributed by atoms with E-state index in [1.807, 2.05) is 6.92 Å². The van der Waals surface area contributed by atoms with Crippen LogP contribution in [-0.4, -0.2) is 22.8 Å². The van der Waals surface area contributed by atoms with Crippen LogP contribution in [0, 0.1) is 22.7 Å². The van der Waals surface area contributed by atoms with E-state index in [2.05, 4.69) is 26.8 Å². The zero-order valence-corrected chi connectivity index (χ0v) is 15.1. The van der Waals surface area contributed by atoms with Gasteiger partial charge in [0.25, 0.3) is 0 Å². The molecule has 0 radical (unpaired) electrons. The highest BCUT2D eigenvalue weighted by molar-refractivity contribution is 5.80. The molecule has 0 unspecified atom stereocenters. The molecule has 0 aromatic carbocycles. The molecule has 23 heavy (non-hydrogen) atoms. The summed E-state index contributed by atoms with van der Waals surface area (Å²) in [6, 6.07) is 0. The van der Waals surface area contributed by atoms with E-state index in [4.69, 9.17) is 5.11 Å². The Balaban J connectivity index is 2.25. The second-order valence-corrected chi connectivity index (χ2v) is 8.49. The highest BCUT2D eigenvalue weighted by Gasteiger charge is 2.51. The minimum atomic E-state index is -0.869. The van der Waals surface area contributed by atoms with E-state index in [9.17, 15) is 9.90 Å². The molecule has 2 N–H and O–H groups in total. The number of aliphatic hydroxyl groups excluding tert-OH is 1. The van der Waals surface area contributed by atoms with Crippen LogP contribution in [0.5, 0.6) is 0 Å². The van der Waals surface area contributed by atoms with E-state index in [0.717, 1.165) is 24.8 Å². The van der Waals surface area contributed by atoms with Gasteiger partial charge in [-0.25, -0.2) is 4.79 Å². The van der Waals surface area contributed by atoms with Crippen molar-refractivity contribution in [3.63, 3.8) is 0 Å². The SMILES string of the molecule is CC(=CC(=O)O)CC[C@H]1C(CO)=CC[C@H]2C(C)(C)CCC[C@]12C. The number of fused-ring (bicyclic) bond motifs is 1. The predicted octanol–water partition coefficient (Wildman–Crippen LogP) is 4.57. The molecular formula is C20H32O3. The van der Waals surface area contributed by atoms with Gasteiger partial charge in [0.1, 0.15) is 0 Å². The van der Waals surface area contributed by atoms with Crippen molar-refractivity contribution < 1.29 is 15.0 Å². The summed E-state index contributed by atoms with van der Waals surface area (Å²) in [6.45, 7) is 9.21. The molecule has 0 bridgehead atoms. The maximum Gasteiger partial charge on any atom is 0.328 e. The number of hydrogen-bond acceptors (Lipinski definition) is 2. The first-order valence-corrected chi connectivity index (χ1v) is 8.90. The molecule has 2 aliphatic rings. The zero-order valence-electron chi connectivity index (χ0n) is 15.1. The summed E-state index contributed by atoms with van der Waals surface area (Å²) in [5.41, 5.74) is 2.65.